The molecule has 36 heavy (non-hydrogen) atoms. The third-order valence-electron chi connectivity index (χ3n) is 5.17. The van der Waals surface area contributed by atoms with E-state index >= 15 is 0 Å². The Morgan fingerprint density at radius 3 is 2.56 bits per heavy atom. The molecule has 17 heteroatoms. The molecular weight excluding hydrogens is 545 g/mol. The van der Waals surface area contributed by atoms with Crippen molar-refractivity contribution in [3.05, 3.63) is 34.1 Å². The maximum Gasteiger partial charge on any atom is 0.459 e. The third-order valence-corrected chi connectivity index (χ3v) is 6.58. The van der Waals surface area contributed by atoms with E-state index in [-0.39, 0.29) is 15.5 Å². The van der Waals surface area contributed by atoms with Gasteiger partial charge in [0.2, 0.25) is 0 Å². The average Bonchev–Trinajstić information content (AvgIpc) is 3.08. The van der Waals surface area contributed by atoms with E-state index in [4.69, 9.17) is 16.9 Å². The van der Waals surface area contributed by atoms with E-state index in [2.05, 4.69) is 20.3 Å². The number of nitrogens with one attached hydrogen (secondary N) is 1. The van der Waals surface area contributed by atoms with Gasteiger partial charge in [0.15, 0.2) is 17.3 Å². The molecule has 0 atom stereocenters. The van der Waals surface area contributed by atoms with Crippen LogP contribution in [-0.4, -0.2) is 43.8 Å². The minimum absolute atomic E-state index is 0.0419. The summed E-state index contributed by atoms with van der Waals surface area (Å²) >= 11 is 7.07. The number of carbonyl (C=O) groups excluding carboxylic acids is 1. The Morgan fingerprint density at radius 1 is 1.33 bits per heavy atom. The highest BCUT2D eigenvalue weighted by Crippen LogP contribution is 2.48. The summed E-state index contributed by atoms with van der Waals surface area (Å²) in [6.45, 7) is -3.74. The summed E-state index contributed by atoms with van der Waals surface area (Å²) in [5, 5.41) is 18.6. The summed E-state index contributed by atoms with van der Waals surface area (Å²) in [4.78, 5) is 12.8. The molecule has 1 saturated carbocycles. The number of aryl methyl sites for hydroxylation is 1. The lowest BCUT2D eigenvalue weighted by atomic mass is 10.2. The first-order valence-corrected chi connectivity index (χ1v) is 10.9. The Kier molecular flexibility index (Phi) is 6.20. The summed E-state index contributed by atoms with van der Waals surface area (Å²) in [6.07, 6.45) is -2.91. The zero-order chi connectivity index (χ0) is 26.6. The van der Waals surface area contributed by atoms with Crippen molar-refractivity contribution in [1.82, 2.24) is 24.9 Å². The smallest absolute Gasteiger partial charge is 0.428 e. The molecule has 3 aromatic heterocycles. The van der Waals surface area contributed by atoms with Gasteiger partial charge in [0.25, 0.3) is 5.91 Å². The fourth-order valence-electron chi connectivity index (χ4n) is 3.19. The zero-order valence-electron chi connectivity index (χ0n) is 17.7. The van der Waals surface area contributed by atoms with Crippen molar-refractivity contribution in [3.8, 4) is 28.1 Å². The second-order valence-electron chi connectivity index (χ2n) is 7.70. The summed E-state index contributed by atoms with van der Waals surface area (Å²) in [5.74, 6) is -8.45. The van der Waals surface area contributed by atoms with Crippen molar-refractivity contribution in [3.63, 3.8) is 0 Å². The van der Waals surface area contributed by atoms with Crippen LogP contribution < -0.4 is 10.1 Å². The molecule has 4 rings (SSSR count). The fourth-order valence-corrected chi connectivity index (χ4v) is 4.44. The maximum absolute atomic E-state index is 14.0. The van der Waals surface area contributed by atoms with Crippen molar-refractivity contribution in [1.29, 1.82) is 5.26 Å². The monoisotopic (exact) mass is 556 g/mol. The van der Waals surface area contributed by atoms with Gasteiger partial charge in [0.1, 0.15) is 9.88 Å². The van der Waals surface area contributed by atoms with Crippen LogP contribution in [0.1, 0.15) is 28.9 Å². The number of hydrogen-bond donors (Lipinski definition) is 1. The summed E-state index contributed by atoms with van der Waals surface area (Å²) < 4.78 is 97.9. The summed E-state index contributed by atoms with van der Waals surface area (Å²) in [7, 11) is 0.943. The van der Waals surface area contributed by atoms with Crippen LogP contribution in [0, 0.1) is 11.3 Å². The van der Waals surface area contributed by atoms with Crippen LogP contribution >= 0.6 is 22.9 Å². The predicted molar refractivity (Wildman–Crippen MR) is 110 cm³/mol. The third kappa shape index (κ3) is 4.48. The minimum Gasteiger partial charge on any atom is -0.428 e. The van der Waals surface area contributed by atoms with Crippen LogP contribution in [0.25, 0.3) is 16.3 Å². The van der Waals surface area contributed by atoms with E-state index in [1.165, 1.54) is 6.07 Å². The second-order valence-corrected chi connectivity index (χ2v) is 9.35. The van der Waals surface area contributed by atoms with Gasteiger partial charge in [-0.1, -0.05) is 11.6 Å². The molecule has 0 aliphatic heterocycles. The van der Waals surface area contributed by atoms with Gasteiger partial charge < -0.3 is 10.1 Å². The van der Waals surface area contributed by atoms with E-state index in [1.807, 2.05) is 6.07 Å². The van der Waals surface area contributed by atoms with Crippen LogP contribution in [0.15, 0.2) is 18.5 Å². The van der Waals surface area contributed by atoms with Crippen molar-refractivity contribution in [2.75, 3.05) is 0 Å². The second kappa shape index (κ2) is 8.66. The number of carbonyl (C=O) groups is 1. The molecule has 1 fully saturated rings. The number of amides is 1. The Morgan fingerprint density at radius 2 is 2.00 bits per heavy atom. The number of ether oxygens (including phenoxy) is 1. The van der Waals surface area contributed by atoms with Crippen LogP contribution in [0.3, 0.4) is 0 Å². The molecule has 0 saturated heterocycles. The molecule has 3 heterocycles. The highest BCUT2D eigenvalue weighted by Gasteiger charge is 2.62. The fraction of sp³-hybridized carbons (Fsp3) is 0.368. The van der Waals surface area contributed by atoms with E-state index in [9.17, 15) is 35.5 Å². The van der Waals surface area contributed by atoms with E-state index in [1.54, 1.807) is 0 Å². The molecule has 192 valence electrons. The van der Waals surface area contributed by atoms with Gasteiger partial charge in [-0.05, 0) is 18.9 Å². The molecule has 0 aromatic carbocycles. The average molecular weight is 557 g/mol. The lowest BCUT2D eigenvalue weighted by Gasteiger charge is -2.18. The van der Waals surface area contributed by atoms with Crippen LogP contribution in [0.2, 0.25) is 4.34 Å². The quantitative estimate of drug-likeness (QED) is 0.412. The lowest BCUT2D eigenvalue weighted by Crippen LogP contribution is -2.35. The maximum atomic E-state index is 14.0. The molecule has 8 nitrogen and oxygen atoms in total. The number of rotatable bonds is 7. The van der Waals surface area contributed by atoms with Gasteiger partial charge in [-0.3, -0.25) is 4.79 Å². The number of alkyl halides is 7. The Labute approximate surface area is 205 Å². The van der Waals surface area contributed by atoms with Crippen LogP contribution in [0.5, 0.6) is 5.75 Å². The molecular formula is C19H12ClF7N6O2S. The van der Waals surface area contributed by atoms with Gasteiger partial charge in [-0.2, -0.15) is 46.2 Å². The zero-order valence-corrected chi connectivity index (χ0v) is 19.3. The van der Waals surface area contributed by atoms with Crippen LogP contribution in [0.4, 0.5) is 30.7 Å². The first-order valence-electron chi connectivity index (χ1n) is 9.74. The highest BCUT2D eigenvalue weighted by molar-refractivity contribution is 7.19. The minimum atomic E-state index is -6.14. The van der Waals surface area contributed by atoms with Crippen molar-refractivity contribution in [2.45, 2.75) is 37.1 Å². The topological polar surface area (TPSA) is 97.8 Å². The van der Waals surface area contributed by atoms with Gasteiger partial charge in [0, 0.05) is 23.7 Å². The number of nitriles is 1. The molecule has 1 aliphatic rings. The van der Waals surface area contributed by atoms with E-state index in [0.29, 0.717) is 22.4 Å². The molecule has 0 radical (unpaired) electrons. The molecule has 1 amide bonds. The van der Waals surface area contributed by atoms with Crippen LogP contribution in [-0.2, 0) is 13.0 Å². The first-order chi connectivity index (χ1) is 16.7. The van der Waals surface area contributed by atoms with Gasteiger partial charge in [0.05, 0.1) is 17.8 Å². The predicted octanol–water partition coefficient (Wildman–Crippen LogP) is 5.03. The van der Waals surface area contributed by atoms with Crippen molar-refractivity contribution < 1.29 is 40.3 Å². The Balaban J connectivity index is 1.71. The van der Waals surface area contributed by atoms with Gasteiger partial charge >= 0.3 is 18.7 Å². The number of thiophene rings is 1. The standard InChI is InChI=1S/C19H12ClF7N6O2S/c1-32-15(11(35-16(21)22)12(31-32)18(23,24)19(25,26)27)33-6-8(5-29-33)10-4-9(13(20)36-10)14(34)30-17(7-28)2-3-17/h4-6,16H,2-3H2,1H3,(H,30,34). The largest absolute Gasteiger partial charge is 0.459 e. The number of aromatic nitrogens is 4. The van der Waals surface area contributed by atoms with Crippen molar-refractivity contribution in [2.24, 2.45) is 7.05 Å². The summed E-state index contributed by atoms with van der Waals surface area (Å²) in [6, 6.07) is 3.36. The number of halogens is 8. The SMILES string of the molecule is Cn1nc(C(F)(F)C(F)(F)F)c(OC(F)F)c1-n1cc(-c2cc(C(=O)NC3(C#N)CC3)c(Cl)s2)cn1. The molecule has 1 aliphatic carbocycles. The molecule has 1 N–H and O–H groups in total. The molecule has 0 unspecified atom stereocenters. The van der Waals surface area contributed by atoms with Gasteiger partial charge in [-0.15, -0.1) is 11.3 Å². The molecule has 3 aromatic rings. The van der Waals surface area contributed by atoms with E-state index < -0.39 is 47.4 Å². The first kappa shape index (κ1) is 25.8. The van der Waals surface area contributed by atoms with Crippen molar-refractivity contribution >= 4 is 28.8 Å². The van der Waals surface area contributed by atoms with Gasteiger partial charge in [-0.25, -0.2) is 9.36 Å². The highest BCUT2D eigenvalue weighted by atomic mass is 35.5. The Bertz CT molecular complexity index is 1370. The normalized spacial score (nSPS) is 15.1. The molecule has 0 spiro atoms. The number of hydrogen-bond acceptors (Lipinski definition) is 6. The summed E-state index contributed by atoms with van der Waals surface area (Å²) in [5.41, 5.74) is -2.75. The lowest BCUT2D eigenvalue weighted by molar-refractivity contribution is -0.291. The number of nitrogens with zero attached hydrogens (tertiary/aromatic N) is 5. The molecule has 0 bridgehead atoms. The Hall–Kier alpha value is -3.32. The van der Waals surface area contributed by atoms with E-state index in [0.717, 1.165) is 35.5 Å².